The van der Waals surface area contributed by atoms with E-state index in [0.717, 1.165) is 39.0 Å². The van der Waals surface area contributed by atoms with Crippen molar-refractivity contribution < 1.29 is 71.2 Å². The van der Waals surface area contributed by atoms with Crippen LogP contribution in [0.2, 0.25) is 0 Å². The number of ether oxygens (including phenoxy) is 12. The fourth-order valence-electron chi connectivity index (χ4n) is 5.05. The van der Waals surface area contributed by atoms with Crippen LogP contribution in [-0.2, 0) is 71.2 Å². The second-order valence-corrected chi connectivity index (χ2v) is 12.9. The number of rotatable bonds is 44. The van der Waals surface area contributed by atoms with E-state index in [1.54, 1.807) is 0 Å². The average Bonchev–Trinajstić information content (AvgIpc) is 3.23. The second kappa shape index (κ2) is 43.0. The molecule has 0 spiro atoms. The van der Waals surface area contributed by atoms with E-state index in [2.05, 4.69) is 15.1 Å². The fraction of sp³-hybridized carbons (Fsp3) is 0.923. The third-order valence-corrected chi connectivity index (χ3v) is 8.28. The molecule has 0 unspecified atom stereocenters. The van der Waals surface area contributed by atoms with Crippen molar-refractivity contribution in [3.63, 3.8) is 0 Å². The quantitative estimate of drug-likeness (QED) is 0.0467. The number of hydrogen-bond acceptors (Lipinski definition) is 19. The van der Waals surface area contributed by atoms with Gasteiger partial charge in [-0.25, -0.2) is 0 Å². The highest BCUT2D eigenvalue weighted by Crippen LogP contribution is 2.02. The van der Waals surface area contributed by atoms with Crippen molar-refractivity contribution in [3.05, 3.63) is 0 Å². The lowest BCUT2D eigenvalue weighted by Gasteiger charge is -2.29. The molecule has 342 valence electrons. The van der Waals surface area contributed by atoms with Crippen molar-refractivity contribution >= 4 is 17.9 Å². The number of hydrogen-bond donors (Lipinski definition) is 2. The summed E-state index contributed by atoms with van der Waals surface area (Å²) in [5.74, 6) is -0.905. The van der Waals surface area contributed by atoms with Crippen LogP contribution in [0.25, 0.3) is 0 Å². The molecule has 19 nitrogen and oxygen atoms in total. The van der Waals surface area contributed by atoms with Crippen LogP contribution in [0.4, 0.5) is 0 Å². The molecule has 0 saturated carbocycles. The Balaban J connectivity index is 1.95. The first-order chi connectivity index (χ1) is 28.5. The second-order valence-electron chi connectivity index (χ2n) is 12.9. The lowest BCUT2D eigenvalue weighted by atomic mass is 10.3. The summed E-state index contributed by atoms with van der Waals surface area (Å²) in [5, 5.41) is 3.20. The molecule has 0 atom stereocenters. The number of nitrogens with two attached hydrogens (primary N) is 1. The highest BCUT2D eigenvalue weighted by Gasteiger charge is 2.16. The van der Waals surface area contributed by atoms with Crippen LogP contribution in [0, 0.1) is 0 Å². The molecule has 0 amide bonds. The van der Waals surface area contributed by atoms with Gasteiger partial charge in [0, 0.05) is 65.6 Å². The fourth-order valence-corrected chi connectivity index (χ4v) is 5.05. The van der Waals surface area contributed by atoms with Gasteiger partial charge < -0.3 is 72.8 Å². The lowest BCUT2D eigenvalue weighted by Crippen LogP contribution is -2.42. The molecule has 3 N–H and O–H groups in total. The van der Waals surface area contributed by atoms with Gasteiger partial charge in [0.15, 0.2) is 0 Å². The van der Waals surface area contributed by atoms with Crippen LogP contribution >= 0.6 is 0 Å². The smallest absolute Gasteiger partial charge is 0.307 e. The minimum Gasteiger partial charge on any atom is -0.463 e. The maximum atomic E-state index is 12.4. The molecule has 1 saturated heterocycles. The molecule has 19 heteroatoms. The van der Waals surface area contributed by atoms with Crippen molar-refractivity contribution in [3.8, 4) is 0 Å². The highest BCUT2D eigenvalue weighted by molar-refractivity contribution is 5.70. The molecule has 1 rings (SSSR count). The molecule has 1 aliphatic heterocycles. The Morgan fingerprint density at radius 1 is 0.534 bits per heavy atom. The summed E-state index contributed by atoms with van der Waals surface area (Å²) in [6.07, 6.45) is 2.40. The zero-order valence-corrected chi connectivity index (χ0v) is 35.3. The molecule has 0 aromatic rings. The summed E-state index contributed by atoms with van der Waals surface area (Å²) in [4.78, 5) is 41.0. The Morgan fingerprint density at radius 3 is 1.41 bits per heavy atom. The van der Waals surface area contributed by atoms with Gasteiger partial charge in [-0.1, -0.05) is 0 Å². The standard InChI is InChI=1S/C39H76N4O15/c1-2-47-21-22-53-32-35-57-38(45)6-11-42(13-14-43-15-19-50-20-16-43)12-7-39(46)58-36-33-55-30-28-52-27-29-54-31-34-56-37(44)5-10-41-9-4-18-49-24-26-51-25-23-48-17-3-8-40/h41H,2-36,40H2,1H3. The topological polar surface area (TPSA) is 206 Å². The van der Waals surface area contributed by atoms with Gasteiger partial charge in [0.05, 0.1) is 118 Å². The van der Waals surface area contributed by atoms with Crippen molar-refractivity contribution in [1.29, 1.82) is 0 Å². The summed E-state index contributed by atoms with van der Waals surface area (Å²) < 4.78 is 64.6. The van der Waals surface area contributed by atoms with Crippen LogP contribution in [0.1, 0.15) is 39.0 Å². The Hall–Kier alpha value is -2.11. The monoisotopic (exact) mass is 841 g/mol. The van der Waals surface area contributed by atoms with E-state index in [1.165, 1.54) is 0 Å². The molecular formula is C39H76N4O15. The van der Waals surface area contributed by atoms with E-state index in [-0.39, 0.29) is 70.2 Å². The largest absolute Gasteiger partial charge is 0.463 e. The van der Waals surface area contributed by atoms with Crippen LogP contribution in [0.3, 0.4) is 0 Å². The van der Waals surface area contributed by atoms with Crippen LogP contribution < -0.4 is 11.1 Å². The van der Waals surface area contributed by atoms with Gasteiger partial charge in [0.25, 0.3) is 0 Å². The van der Waals surface area contributed by atoms with E-state index < -0.39 is 0 Å². The van der Waals surface area contributed by atoms with Crippen LogP contribution in [-0.4, -0.2) is 225 Å². The molecule has 0 aromatic heterocycles. The molecule has 1 fully saturated rings. The van der Waals surface area contributed by atoms with E-state index in [1.807, 2.05) is 6.92 Å². The van der Waals surface area contributed by atoms with Gasteiger partial charge in [0.1, 0.15) is 19.8 Å². The summed E-state index contributed by atoms with van der Waals surface area (Å²) in [6, 6.07) is 0. The highest BCUT2D eigenvalue weighted by atomic mass is 16.6. The van der Waals surface area contributed by atoms with Crippen molar-refractivity contribution in [1.82, 2.24) is 15.1 Å². The zero-order valence-electron chi connectivity index (χ0n) is 35.3. The molecule has 58 heavy (non-hydrogen) atoms. The Morgan fingerprint density at radius 2 is 0.948 bits per heavy atom. The molecule has 1 aliphatic rings. The van der Waals surface area contributed by atoms with Crippen molar-refractivity contribution in [2.75, 3.05) is 198 Å². The summed E-state index contributed by atoms with van der Waals surface area (Å²) >= 11 is 0. The first-order valence-corrected chi connectivity index (χ1v) is 21.1. The SMILES string of the molecule is CCOCCOCCOC(=O)CCN(CCC(=O)OCCOCCOCCOCCOC(=O)CCNCCCOCCOCCOCCCN)CCN1CCOCC1. The minimum absolute atomic E-state index is 0.142. The van der Waals surface area contributed by atoms with Crippen LogP contribution in [0.15, 0.2) is 0 Å². The lowest BCUT2D eigenvalue weighted by molar-refractivity contribution is -0.146. The van der Waals surface area contributed by atoms with Gasteiger partial charge in [-0.05, 0) is 32.9 Å². The summed E-state index contributed by atoms with van der Waals surface area (Å²) in [5.41, 5.74) is 5.40. The normalized spacial score (nSPS) is 13.3. The van der Waals surface area contributed by atoms with Gasteiger partial charge in [0.2, 0.25) is 0 Å². The Kier molecular flexibility index (Phi) is 40.0. The van der Waals surface area contributed by atoms with E-state index in [0.29, 0.717) is 138 Å². The number of carbonyl (C=O) groups excluding carboxylic acids is 3. The maximum Gasteiger partial charge on any atom is 0.307 e. The number of esters is 3. The predicted octanol–water partition coefficient (Wildman–Crippen LogP) is -0.0983. The number of nitrogens with one attached hydrogen (secondary N) is 1. The predicted molar refractivity (Wildman–Crippen MR) is 214 cm³/mol. The molecule has 1 heterocycles. The third kappa shape index (κ3) is 38.1. The molecule has 0 aliphatic carbocycles. The summed E-state index contributed by atoms with van der Waals surface area (Å²) in [6.45, 7) is 17.4. The molecule has 0 aromatic carbocycles. The third-order valence-electron chi connectivity index (χ3n) is 8.28. The van der Waals surface area contributed by atoms with Gasteiger partial charge in [-0.15, -0.1) is 0 Å². The van der Waals surface area contributed by atoms with E-state index >= 15 is 0 Å². The van der Waals surface area contributed by atoms with Crippen molar-refractivity contribution in [2.24, 2.45) is 5.73 Å². The van der Waals surface area contributed by atoms with Crippen LogP contribution in [0.5, 0.6) is 0 Å². The number of nitrogens with zero attached hydrogens (tertiary/aromatic N) is 2. The number of morpholine rings is 1. The number of carbonyl (C=O) groups is 3. The Labute approximate surface area is 346 Å². The van der Waals surface area contributed by atoms with Gasteiger partial charge in [-0.2, -0.15) is 0 Å². The molecular weight excluding hydrogens is 764 g/mol. The molecule has 0 bridgehead atoms. The van der Waals surface area contributed by atoms with E-state index in [4.69, 9.17) is 62.6 Å². The van der Waals surface area contributed by atoms with Gasteiger partial charge >= 0.3 is 17.9 Å². The summed E-state index contributed by atoms with van der Waals surface area (Å²) in [7, 11) is 0. The molecule has 0 radical (unpaired) electrons. The maximum absolute atomic E-state index is 12.4. The van der Waals surface area contributed by atoms with E-state index in [9.17, 15) is 14.4 Å². The van der Waals surface area contributed by atoms with Crippen molar-refractivity contribution in [2.45, 2.75) is 39.0 Å². The first-order valence-electron chi connectivity index (χ1n) is 21.1. The Bertz CT molecular complexity index is 937. The minimum atomic E-state index is -0.324. The van der Waals surface area contributed by atoms with Gasteiger partial charge in [-0.3, -0.25) is 19.3 Å². The zero-order chi connectivity index (χ0) is 41.8. The average molecular weight is 841 g/mol. The first kappa shape index (κ1) is 53.9.